The molecular weight excluding hydrogens is 368 g/mol. The molecule has 1 unspecified atom stereocenters. The molecule has 0 aromatic heterocycles. The fourth-order valence-corrected chi connectivity index (χ4v) is 4.30. The molecule has 6 heteroatoms. The molecule has 6 nitrogen and oxygen atoms in total. The molecule has 0 spiro atoms. The average molecular weight is 399 g/mol. The summed E-state index contributed by atoms with van der Waals surface area (Å²) >= 11 is 0. The Morgan fingerprint density at radius 3 is 2.31 bits per heavy atom. The van der Waals surface area contributed by atoms with Crippen molar-refractivity contribution in [2.45, 2.75) is 12.5 Å². The molecule has 1 fully saturated rings. The van der Waals surface area contributed by atoms with Crippen LogP contribution in [-0.2, 0) is 11.2 Å². The fraction of sp³-hybridized carbons (Fsp3) is 0.478. The van der Waals surface area contributed by atoms with E-state index in [1.165, 1.54) is 16.8 Å². The van der Waals surface area contributed by atoms with Crippen LogP contribution in [0.3, 0.4) is 0 Å². The van der Waals surface area contributed by atoms with Gasteiger partial charge in [0, 0.05) is 32.7 Å². The van der Waals surface area contributed by atoms with E-state index in [4.69, 9.17) is 18.9 Å². The van der Waals surface area contributed by atoms with Gasteiger partial charge < -0.3 is 23.8 Å². The highest BCUT2D eigenvalue weighted by Crippen LogP contribution is 2.37. The van der Waals surface area contributed by atoms with Crippen LogP contribution in [0.1, 0.15) is 17.2 Å². The Hall–Kier alpha value is -2.44. The van der Waals surface area contributed by atoms with Gasteiger partial charge in [0.25, 0.3) is 0 Å². The molecule has 156 valence electrons. The SMILES string of the molecule is COc1cc2c(cc1OC)C(CN1CCN(c3ccccc3OC)CC1)OCC2. The number of hydrogen-bond donors (Lipinski definition) is 0. The van der Waals surface area contributed by atoms with Crippen molar-refractivity contribution in [1.29, 1.82) is 0 Å². The summed E-state index contributed by atoms with van der Waals surface area (Å²) in [5.74, 6) is 2.49. The Bertz CT molecular complexity index is 834. The summed E-state index contributed by atoms with van der Waals surface area (Å²) in [6, 6.07) is 12.4. The molecule has 0 N–H and O–H groups in total. The molecule has 1 saturated heterocycles. The molecule has 0 radical (unpaired) electrons. The first-order valence-corrected chi connectivity index (χ1v) is 10.2. The van der Waals surface area contributed by atoms with Crippen LogP contribution in [0.4, 0.5) is 5.69 Å². The maximum absolute atomic E-state index is 6.16. The van der Waals surface area contributed by atoms with Crippen molar-refractivity contribution in [2.75, 3.05) is 65.6 Å². The predicted octanol–water partition coefficient (Wildman–Crippen LogP) is 3.15. The number of piperazine rings is 1. The Kier molecular flexibility index (Phi) is 6.11. The zero-order valence-electron chi connectivity index (χ0n) is 17.5. The van der Waals surface area contributed by atoms with Gasteiger partial charge in [-0.05, 0) is 41.8 Å². The smallest absolute Gasteiger partial charge is 0.161 e. The number of anilines is 1. The van der Waals surface area contributed by atoms with E-state index >= 15 is 0 Å². The molecule has 4 rings (SSSR count). The lowest BCUT2D eigenvalue weighted by molar-refractivity contribution is 0.0146. The van der Waals surface area contributed by atoms with Gasteiger partial charge in [0.2, 0.25) is 0 Å². The summed E-state index contributed by atoms with van der Waals surface area (Å²) in [5, 5.41) is 0. The van der Waals surface area contributed by atoms with Gasteiger partial charge in [0.05, 0.1) is 39.7 Å². The van der Waals surface area contributed by atoms with Crippen LogP contribution in [0.15, 0.2) is 36.4 Å². The summed E-state index contributed by atoms with van der Waals surface area (Å²) in [6.07, 6.45) is 0.977. The van der Waals surface area contributed by atoms with Crippen LogP contribution in [0, 0.1) is 0 Å². The highest BCUT2D eigenvalue weighted by molar-refractivity contribution is 5.58. The molecule has 29 heavy (non-hydrogen) atoms. The summed E-state index contributed by atoms with van der Waals surface area (Å²) in [6.45, 7) is 5.59. The highest BCUT2D eigenvalue weighted by Gasteiger charge is 2.27. The van der Waals surface area contributed by atoms with Crippen LogP contribution in [0.25, 0.3) is 0 Å². The van der Waals surface area contributed by atoms with Gasteiger partial charge in [-0.25, -0.2) is 0 Å². The van der Waals surface area contributed by atoms with Gasteiger partial charge in [-0.2, -0.15) is 0 Å². The van der Waals surface area contributed by atoms with Crippen molar-refractivity contribution >= 4 is 5.69 Å². The molecule has 1 atom stereocenters. The highest BCUT2D eigenvalue weighted by atomic mass is 16.5. The maximum Gasteiger partial charge on any atom is 0.161 e. The molecule has 2 aromatic rings. The van der Waals surface area contributed by atoms with E-state index in [1.54, 1.807) is 21.3 Å². The van der Waals surface area contributed by atoms with Crippen LogP contribution in [0.5, 0.6) is 17.2 Å². The quantitative estimate of drug-likeness (QED) is 0.745. The number of nitrogens with zero attached hydrogens (tertiary/aromatic N) is 2. The fourth-order valence-electron chi connectivity index (χ4n) is 4.30. The lowest BCUT2D eigenvalue weighted by Gasteiger charge is -2.39. The number of benzene rings is 2. The van der Waals surface area contributed by atoms with E-state index in [1.807, 2.05) is 12.1 Å². The normalized spacial score (nSPS) is 19.6. The largest absolute Gasteiger partial charge is 0.495 e. The third-order valence-electron chi connectivity index (χ3n) is 5.90. The lowest BCUT2D eigenvalue weighted by atomic mass is 9.96. The zero-order valence-corrected chi connectivity index (χ0v) is 17.5. The number of ether oxygens (including phenoxy) is 4. The second-order valence-corrected chi connectivity index (χ2v) is 7.47. The first-order chi connectivity index (χ1) is 14.2. The first-order valence-electron chi connectivity index (χ1n) is 10.2. The Morgan fingerprint density at radius 2 is 1.59 bits per heavy atom. The van der Waals surface area contributed by atoms with Crippen molar-refractivity contribution in [3.05, 3.63) is 47.5 Å². The Balaban J connectivity index is 1.43. The van der Waals surface area contributed by atoms with E-state index < -0.39 is 0 Å². The molecule has 2 heterocycles. The number of rotatable bonds is 6. The summed E-state index contributed by atoms with van der Waals surface area (Å²) in [4.78, 5) is 4.89. The molecular formula is C23H30N2O4. The minimum absolute atomic E-state index is 0.0661. The molecule has 0 aliphatic carbocycles. The molecule has 2 aliphatic rings. The van der Waals surface area contributed by atoms with Gasteiger partial charge in [-0.3, -0.25) is 4.90 Å². The second-order valence-electron chi connectivity index (χ2n) is 7.47. The van der Waals surface area contributed by atoms with E-state index in [2.05, 4.69) is 34.1 Å². The Morgan fingerprint density at radius 1 is 0.897 bits per heavy atom. The number of hydrogen-bond acceptors (Lipinski definition) is 6. The average Bonchev–Trinajstić information content (AvgIpc) is 2.79. The molecule has 2 aliphatic heterocycles. The van der Waals surface area contributed by atoms with Crippen molar-refractivity contribution in [2.24, 2.45) is 0 Å². The van der Waals surface area contributed by atoms with Crippen molar-refractivity contribution in [3.8, 4) is 17.2 Å². The monoisotopic (exact) mass is 398 g/mol. The molecule has 0 bridgehead atoms. The van der Waals surface area contributed by atoms with Gasteiger partial charge in [-0.1, -0.05) is 12.1 Å². The Labute approximate surface area is 172 Å². The third kappa shape index (κ3) is 4.14. The molecule has 2 aromatic carbocycles. The predicted molar refractivity (Wildman–Crippen MR) is 114 cm³/mol. The van der Waals surface area contributed by atoms with Crippen molar-refractivity contribution in [1.82, 2.24) is 4.90 Å². The summed E-state index contributed by atoms with van der Waals surface area (Å²) in [7, 11) is 5.10. The van der Waals surface area contributed by atoms with E-state index in [9.17, 15) is 0 Å². The minimum atomic E-state index is 0.0661. The van der Waals surface area contributed by atoms with Crippen LogP contribution >= 0.6 is 0 Å². The van der Waals surface area contributed by atoms with E-state index in [0.29, 0.717) is 0 Å². The maximum atomic E-state index is 6.16. The summed E-state index contributed by atoms with van der Waals surface area (Å²) in [5.41, 5.74) is 3.69. The second kappa shape index (κ2) is 8.93. The van der Waals surface area contributed by atoms with E-state index in [0.717, 1.165) is 63.0 Å². The number of methoxy groups -OCH3 is 3. The van der Waals surface area contributed by atoms with Crippen molar-refractivity contribution < 1.29 is 18.9 Å². The van der Waals surface area contributed by atoms with Crippen LogP contribution in [0.2, 0.25) is 0 Å². The van der Waals surface area contributed by atoms with Crippen LogP contribution < -0.4 is 19.1 Å². The standard InChI is InChI=1S/C23H30N2O4/c1-26-20-7-5-4-6-19(20)25-11-9-24(10-12-25)16-23-18-15-22(28-3)21(27-2)14-17(18)8-13-29-23/h4-7,14-15,23H,8-13,16H2,1-3H3. The number of para-hydroxylation sites is 2. The van der Waals surface area contributed by atoms with Gasteiger partial charge in [0.1, 0.15) is 5.75 Å². The topological polar surface area (TPSA) is 43.4 Å². The third-order valence-corrected chi connectivity index (χ3v) is 5.90. The van der Waals surface area contributed by atoms with Crippen molar-refractivity contribution in [3.63, 3.8) is 0 Å². The minimum Gasteiger partial charge on any atom is -0.495 e. The first kappa shape index (κ1) is 19.9. The van der Waals surface area contributed by atoms with Gasteiger partial charge in [-0.15, -0.1) is 0 Å². The van der Waals surface area contributed by atoms with Crippen LogP contribution in [-0.4, -0.2) is 65.6 Å². The van der Waals surface area contributed by atoms with Gasteiger partial charge >= 0.3 is 0 Å². The molecule has 0 amide bonds. The number of fused-ring (bicyclic) bond motifs is 1. The lowest BCUT2D eigenvalue weighted by Crippen LogP contribution is -2.48. The molecule has 0 saturated carbocycles. The summed E-state index contributed by atoms with van der Waals surface area (Å²) < 4.78 is 22.7. The van der Waals surface area contributed by atoms with Gasteiger partial charge in [0.15, 0.2) is 11.5 Å². The van der Waals surface area contributed by atoms with E-state index in [-0.39, 0.29) is 6.10 Å². The zero-order chi connectivity index (χ0) is 20.2.